The zero-order chi connectivity index (χ0) is 18.4. The Labute approximate surface area is 155 Å². The van der Waals surface area contributed by atoms with Crippen molar-refractivity contribution >= 4 is 39.8 Å². The van der Waals surface area contributed by atoms with Gasteiger partial charge in [0.25, 0.3) is 0 Å². The number of anilines is 1. The third-order valence-electron chi connectivity index (χ3n) is 3.50. The van der Waals surface area contributed by atoms with Crippen molar-refractivity contribution in [2.45, 2.75) is 26.7 Å². The van der Waals surface area contributed by atoms with Crippen molar-refractivity contribution in [2.75, 3.05) is 11.9 Å². The molecule has 25 heavy (non-hydrogen) atoms. The second-order valence-corrected chi connectivity index (χ2v) is 6.73. The lowest BCUT2D eigenvalue weighted by Crippen LogP contribution is -2.12. The topological polar surface area (TPSA) is 79.2 Å². The van der Waals surface area contributed by atoms with Crippen LogP contribution in [0.25, 0.3) is 0 Å². The molecule has 0 bridgehead atoms. The number of hydrogen-bond acceptors (Lipinski definition) is 5. The number of hydrogen-bond donors (Lipinski definition) is 1. The number of halogens is 1. The number of carbonyl (C=O) groups excluding carboxylic acids is 2. The van der Waals surface area contributed by atoms with Crippen LogP contribution < -0.4 is 5.32 Å². The molecule has 1 N–H and O–H groups in total. The number of nitrogens with one attached hydrogen (secondary N) is 1. The van der Waals surface area contributed by atoms with Crippen molar-refractivity contribution in [3.8, 4) is 6.07 Å². The fourth-order valence-corrected chi connectivity index (χ4v) is 3.55. The smallest absolute Gasteiger partial charge is 0.348 e. The van der Waals surface area contributed by atoms with Crippen LogP contribution in [0.4, 0.5) is 5.00 Å². The first kappa shape index (κ1) is 19.0. The highest BCUT2D eigenvalue weighted by Gasteiger charge is 2.22. The molecule has 0 radical (unpaired) electrons. The van der Waals surface area contributed by atoms with Crippen LogP contribution in [0.3, 0.4) is 0 Å². The van der Waals surface area contributed by atoms with Gasteiger partial charge in [0.05, 0.1) is 12.2 Å². The Hall–Kier alpha value is -2.36. The fourth-order valence-electron chi connectivity index (χ4n) is 2.27. The molecule has 0 aliphatic rings. The minimum Gasteiger partial charge on any atom is -0.462 e. The van der Waals surface area contributed by atoms with Gasteiger partial charge in [0, 0.05) is 11.4 Å². The quantitative estimate of drug-likeness (QED) is 0.761. The normalized spacial score (nSPS) is 10.2. The van der Waals surface area contributed by atoms with E-state index in [0.717, 1.165) is 16.9 Å². The largest absolute Gasteiger partial charge is 0.462 e. The lowest BCUT2D eigenvalue weighted by Gasteiger charge is -2.04. The summed E-state index contributed by atoms with van der Waals surface area (Å²) in [6.07, 6.45) is 0.778. The summed E-state index contributed by atoms with van der Waals surface area (Å²) in [5.74, 6) is -0.714. The Bertz CT molecular complexity index is 839. The van der Waals surface area contributed by atoms with Crippen molar-refractivity contribution in [3.63, 3.8) is 0 Å². The van der Waals surface area contributed by atoms with Gasteiger partial charge in [-0.2, -0.15) is 5.26 Å². The number of esters is 1. The van der Waals surface area contributed by atoms with Gasteiger partial charge >= 0.3 is 5.97 Å². The SMILES string of the molecule is CCOC(=O)c1sc(NC(=O)CCc2cccc(Cl)c2)c(C#N)c1C. The molecule has 0 aliphatic carbocycles. The predicted octanol–water partition coefficient (Wildman–Crippen LogP) is 4.33. The zero-order valence-electron chi connectivity index (χ0n) is 13.9. The summed E-state index contributed by atoms with van der Waals surface area (Å²) in [4.78, 5) is 24.5. The molecule has 0 saturated carbocycles. The maximum Gasteiger partial charge on any atom is 0.348 e. The van der Waals surface area contributed by atoms with Crippen molar-refractivity contribution in [3.05, 3.63) is 50.9 Å². The molecule has 0 aliphatic heterocycles. The van der Waals surface area contributed by atoms with E-state index in [1.165, 1.54) is 0 Å². The first-order valence-electron chi connectivity index (χ1n) is 7.71. The molecule has 1 aromatic carbocycles. The van der Waals surface area contributed by atoms with Gasteiger partial charge in [0.2, 0.25) is 5.91 Å². The van der Waals surface area contributed by atoms with Gasteiger partial charge in [-0.15, -0.1) is 11.3 Å². The van der Waals surface area contributed by atoms with E-state index in [0.29, 0.717) is 32.4 Å². The molecule has 1 aromatic heterocycles. The molecule has 2 aromatic rings. The third-order valence-corrected chi connectivity index (χ3v) is 4.92. The number of aryl methyl sites for hydroxylation is 1. The Morgan fingerprint density at radius 1 is 1.40 bits per heavy atom. The van der Waals surface area contributed by atoms with Gasteiger partial charge in [-0.25, -0.2) is 4.79 Å². The highest BCUT2D eigenvalue weighted by molar-refractivity contribution is 7.18. The van der Waals surface area contributed by atoms with Crippen molar-refractivity contribution in [1.29, 1.82) is 5.26 Å². The van der Waals surface area contributed by atoms with E-state index in [2.05, 4.69) is 5.32 Å². The van der Waals surface area contributed by atoms with E-state index in [1.54, 1.807) is 19.9 Å². The molecule has 130 valence electrons. The number of ether oxygens (including phenoxy) is 1. The average Bonchev–Trinajstić information content (AvgIpc) is 2.89. The lowest BCUT2D eigenvalue weighted by atomic mass is 10.1. The number of carbonyl (C=O) groups is 2. The van der Waals surface area contributed by atoms with Crippen molar-refractivity contribution < 1.29 is 14.3 Å². The van der Waals surface area contributed by atoms with Gasteiger partial charge in [-0.05, 0) is 43.5 Å². The van der Waals surface area contributed by atoms with Gasteiger partial charge < -0.3 is 10.1 Å². The molecule has 1 amide bonds. The van der Waals surface area contributed by atoms with Crippen molar-refractivity contribution in [1.82, 2.24) is 0 Å². The summed E-state index contributed by atoms with van der Waals surface area (Å²) in [5, 5.41) is 13.0. The van der Waals surface area contributed by atoms with Gasteiger partial charge in [-0.1, -0.05) is 23.7 Å². The lowest BCUT2D eigenvalue weighted by molar-refractivity contribution is -0.116. The van der Waals surface area contributed by atoms with Crippen LogP contribution in [0.2, 0.25) is 5.02 Å². The standard InChI is InChI=1S/C18H17ClN2O3S/c1-3-24-18(23)16-11(2)14(10-20)17(25-16)21-15(22)8-7-12-5-4-6-13(19)9-12/h4-6,9H,3,7-8H2,1-2H3,(H,21,22). The average molecular weight is 377 g/mol. The Morgan fingerprint density at radius 3 is 2.80 bits per heavy atom. The molecule has 5 nitrogen and oxygen atoms in total. The molecule has 1 heterocycles. The summed E-state index contributed by atoms with van der Waals surface area (Å²) >= 11 is 6.99. The van der Waals surface area contributed by atoms with Crippen LogP contribution in [-0.2, 0) is 16.0 Å². The number of rotatable bonds is 6. The van der Waals surface area contributed by atoms with Gasteiger partial charge in [0.15, 0.2) is 0 Å². The molecular weight excluding hydrogens is 360 g/mol. The summed E-state index contributed by atoms with van der Waals surface area (Å²) in [6, 6.07) is 9.35. The van der Waals surface area contributed by atoms with Crippen LogP contribution in [-0.4, -0.2) is 18.5 Å². The second-order valence-electron chi connectivity index (χ2n) is 5.27. The minimum atomic E-state index is -0.485. The first-order valence-corrected chi connectivity index (χ1v) is 8.90. The molecular formula is C18H17ClN2O3S. The summed E-state index contributed by atoms with van der Waals surface area (Å²) in [7, 11) is 0. The van der Waals surface area contributed by atoms with Crippen LogP contribution >= 0.6 is 22.9 Å². The number of nitrogens with zero attached hydrogens (tertiary/aromatic N) is 1. The maximum atomic E-state index is 12.2. The zero-order valence-corrected chi connectivity index (χ0v) is 15.5. The fraction of sp³-hybridized carbons (Fsp3) is 0.278. The van der Waals surface area contributed by atoms with E-state index in [4.69, 9.17) is 16.3 Å². The number of thiophene rings is 1. The van der Waals surface area contributed by atoms with E-state index < -0.39 is 5.97 Å². The monoisotopic (exact) mass is 376 g/mol. The Balaban J connectivity index is 2.08. The Morgan fingerprint density at radius 2 is 2.16 bits per heavy atom. The highest BCUT2D eigenvalue weighted by Crippen LogP contribution is 2.33. The van der Waals surface area contributed by atoms with Crippen LogP contribution in [0, 0.1) is 18.3 Å². The molecule has 0 unspecified atom stereocenters. The van der Waals surface area contributed by atoms with Crippen LogP contribution in [0.15, 0.2) is 24.3 Å². The van der Waals surface area contributed by atoms with E-state index in [9.17, 15) is 14.9 Å². The molecule has 0 saturated heterocycles. The minimum absolute atomic E-state index is 0.229. The number of amides is 1. The van der Waals surface area contributed by atoms with Gasteiger partial charge in [-0.3, -0.25) is 4.79 Å². The summed E-state index contributed by atoms with van der Waals surface area (Å²) in [5.41, 5.74) is 1.78. The number of benzene rings is 1. The molecule has 0 spiro atoms. The van der Waals surface area contributed by atoms with Crippen LogP contribution in [0.5, 0.6) is 0 Å². The molecule has 7 heteroatoms. The summed E-state index contributed by atoms with van der Waals surface area (Å²) in [6.45, 7) is 3.63. The van der Waals surface area contributed by atoms with E-state index >= 15 is 0 Å². The number of nitriles is 1. The van der Waals surface area contributed by atoms with Crippen molar-refractivity contribution in [2.24, 2.45) is 0 Å². The third kappa shape index (κ3) is 4.81. The molecule has 0 atom stereocenters. The predicted molar refractivity (Wildman–Crippen MR) is 98.1 cm³/mol. The molecule has 0 fully saturated rings. The maximum absolute atomic E-state index is 12.2. The molecule has 2 rings (SSSR count). The first-order chi connectivity index (χ1) is 12.0. The second kappa shape index (κ2) is 8.65. The van der Waals surface area contributed by atoms with Crippen LogP contribution in [0.1, 0.15) is 39.7 Å². The summed E-state index contributed by atoms with van der Waals surface area (Å²) < 4.78 is 4.98. The highest BCUT2D eigenvalue weighted by atomic mass is 35.5. The van der Waals surface area contributed by atoms with E-state index in [-0.39, 0.29) is 18.9 Å². The Kier molecular flexibility index (Phi) is 6.57. The van der Waals surface area contributed by atoms with Gasteiger partial charge in [0.1, 0.15) is 15.9 Å². The van der Waals surface area contributed by atoms with E-state index in [1.807, 2.05) is 24.3 Å².